The van der Waals surface area contributed by atoms with Crippen molar-refractivity contribution >= 4 is 11.5 Å². The molecule has 6 nitrogen and oxygen atoms in total. The maximum Gasteiger partial charge on any atom is 0.156 e. The molecule has 1 aliphatic rings. The predicted octanol–water partition coefficient (Wildman–Crippen LogP) is 4.45. The Hall–Kier alpha value is -2.99. The molecule has 0 unspecified atom stereocenters. The maximum absolute atomic E-state index is 9.05. The van der Waals surface area contributed by atoms with E-state index in [1.54, 1.807) is 7.11 Å². The summed E-state index contributed by atoms with van der Waals surface area (Å²) in [5.74, 6) is 2.55. The van der Waals surface area contributed by atoms with Crippen LogP contribution in [0.5, 0.6) is 11.5 Å². The number of hydrogen-bond acceptors (Lipinski definition) is 5. The topological polar surface area (TPSA) is 79.4 Å². The molecule has 0 saturated carbocycles. The Balaban J connectivity index is 1.62. The number of nitrogens with one attached hydrogen (secondary N) is 2. The van der Waals surface area contributed by atoms with Gasteiger partial charge in [0.15, 0.2) is 5.82 Å². The summed E-state index contributed by atoms with van der Waals surface area (Å²) >= 11 is 0. The molecular formula is C23H27N3O3. The van der Waals surface area contributed by atoms with Gasteiger partial charge < -0.3 is 19.9 Å². The normalized spacial score (nSPS) is 11.8. The van der Waals surface area contributed by atoms with E-state index in [0.29, 0.717) is 13.0 Å². The lowest BCUT2D eigenvalue weighted by atomic mass is 10.0. The van der Waals surface area contributed by atoms with Crippen LogP contribution in [0.1, 0.15) is 36.5 Å². The van der Waals surface area contributed by atoms with Crippen molar-refractivity contribution in [2.75, 3.05) is 25.6 Å². The van der Waals surface area contributed by atoms with Crippen LogP contribution < -0.4 is 14.8 Å². The quantitative estimate of drug-likeness (QED) is 0.366. The molecule has 4 rings (SSSR count). The molecule has 0 amide bonds. The summed E-state index contributed by atoms with van der Waals surface area (Å²) in [4.78, 5) is 0. The van der Waals surface area contributed by atoms with Crippen molar-refractivity contribution in [3.8, 4) is 22.8 Å². The fourth-order valence-electron chi connectivity index (χ4n) is 3.79. The maximum atomic E-state index is 9.05. The monoisotopic (exact) mass is 393 g/mol. The molecule has 0 bridgehead atoms. The van der Waals surface area contributed by atoms with Gasteiger partial charge in [0.2, 0.25) is 0 Å². The molecule has 29 heavy (non-hydrogen) atoms. The number of benzene rings is 2. The molecule has 3 N–H and O–H groups in total. The minimum atomic E-state index is 0.137. The number of anilines is 2. The number of nitrogens with zero attached hydrogens (tertiary/aromatic N) is 1. The number of hydrogen-bond donors (Lipinski definition) is 3. The molecule has 0 saturated heterocycles. The molecule has 1 aliphatic carbocycles. The highest BCUT2D eigenvalue weighted by Crippen LogP contribution is 2.42. The molecule has 152 valence electrons. The van der Waals surface area contributed by atoms with Crippen LogP contribution >= 0.6 is 0 Å². The van der Waals surface area contributed by atoms with Crippen molar-refractivity contribution in [1.82, 2.24) is 10.2 Å². The number of fused-ring (bicyclic) bond motifs is 3. The first-order valence-corrected chi connectivity index (χ1v) is 10.1. The van der Waals surface area contributed by atoms with Gasteiger partial charge in [0.05, 0.1) is 19.4 Å². The van der Waals surface area contributed by atoms with Gasteiger partial charge in [-0.2, -0.15) is 5.10 Å². The van der Waals surface area contributed by atoms with Crippen LogP contribution in [-0.4, -0.2) is 35.6 Å². The third kappa shape index (κ3) is 3.93. The minimum Gasteiger partial charge on any atom is -0.497 e. The number of aliphatic hydroxyl groups excluding tert-OH is 1. The smallest absolute Gasteiger partial charge is 0.156 e. The van der Waals surface area contributed by atoms with E-state index < -0.39 is 0 Å². The molecule has 1 aromatic heterocycles. The lowest BCUT2D eigenvalue weighted by molar-refractivity contribution is 0.232. The molecule has 0 atom stereocenters. The third-order valence-corrected chi connectivity index (χ3v) is 5.20. The Kier molecular flexibility index (Phi) is 5.71. The largest absolute Gasteiger partial charge is 0.497 e. The standard InChI is InChI=1S/C23H27N3O3/c1-3-6-15-11-16-12-20-22(19(16)14-21(15)29-10-5-9-27)25-26-23(20)24-17-7-4-8-18(13-17)28-2/h4,7-8,11,13-14,27H,3,5-6,9-10,12H2,1-2H3,(H2,24,25,26). The van der Waals surface area contributed by atoms with Crippen LogP contribution in [0.2, 0.25) is 0 Å². The summed E-state index contributed by atoms with van der Waals surface area (Å²) in [6, 6.07) is 12.2. The summed E-state index contributed by atoms with van der Waals surface area (Å²) in [7, 11) is 1.66. The Bertz CT molecular complexity index is 997. The van der Waals surface area contributed by atoms with Gasteiger partial charge >= 0.3 is 0 Å². The van der Waals surface area contributed by atoms with Crippen LogP contribution in [0.25, 0.3) is 11.3 Å². The van der Waals surface area contributed by atoms with Crippen molar-refractivity contribution in [2.24, 2.45) is 0 Å². The molecule has 0 fully saturated rings. The van der Waals surface area contributed by atoms with E-state index in [1.165, 1.54) is 11.1 Å². The molecule has 0 spiro atoms. The van der Waals surface area contributed by atoms with Gasteiger partial charge in [-0.25, -0.2) is 0 Å². The third-order valence-electron chi connectivity index (χ3n) is 5.20. The van der Waals surface area contributed by atoms with E-state index in [2.05, 4.69) is 34.6 Å². The van der Waals surface area contributed by atoms with Gasteiger partial charge in [-0.1, -0.05) is 25.5 Å². The van der Waals surface area contributed by atoms with Crippen molar-refractivity contribution < 1.29 is 14.6 Å². The Morgan fingerprint density at radius 1 is 1.24 bits per heavy atom. The second-order valence-corrected chi connectivity index (χ2v) is 7.25. The van der Waals surface area contributed by atoms with E-state index in [9.17, 15) is 0 Å². The fraction of sp³-hybridized carbons (Fsp3) is 0.348. The van der Waals surface area contributed by atoms with E-state index >= 15 is 0 Å². The molecule has 0 radical (unpaired) electrons. The first-order chi connectivity index (χ1) is 14.2. The van der Waals surface area contributed by atoms with E-state index in [1.807, 2.05) is 24.3 Å². The first kappa shape index (κ1) is 19.3. The summed E-state index contributed by atoms with van der Waals surface area (Å²) in [5, 5.41) is 20.2. The first-order valence-electron chi connectivity index (χ1n) is 10.1. The second-order valence-electron chi connectivity index (χ2n) is 7.25. The Labute approximate surface area is 170 Å². The molecular weight excluding hydrogens is 366 g/mol. The highest BCUT2D eigenvalue weighted by Gasteiger charge is 2.26. The van der Waals surface area contributed by atoms with Gasteiger partial charge in [-0.05, 0) is 35.7 Å². The van der Waals surface area contributed by atoms with Crippen molar-refractivity contribution in [1.29, 1.82) is 0 Å². The summed E-state index contributed by atoms with van der Waals surface area (Å²) in [6.07, 6.45) is 3.50. The van der Waals surface area contributed by atoms with Crippen LogP contribution in [0.3, 0.4) is 0 Å². The number of aryl methyl sites for hydroxylation is 1. The Morgan fingerprint density at radius 3 is 2.93 bits per heavy atom. The van der Waals surface area contributed by atoms with Crippen LogP contribution in [-0.2, 0) is 12.8 Å². The number of aromatic amines is 1. The summed E-state index contributed by atoms with van der Waals surface area (Å²) in [6.45, 7) is 2.83. The van der Waals surface area contributed by atoms with Crippen LogP contribution in [0.4, 0.5) is 11.5 Å². The highest BCUT2D eigenvalue weighted by molar-refractivity contribution is 5.81. The van der Waals surface area contributed by atoms with Crippen molar-refractivity contribution in [3.63, 3.8) is 0 Å². The van der Waals surface area contributed by atoms with E-state index in [4.69, 9.17) is 14.6 Å². The average molecular weight is 393 g/mol. The second kappa shape index (κ2) is 8.57. The van der Waals surface area contributed by atoms with Crippen LogP contribution in [0, 0.1) is 0 Å². The molecule has 3 aromatic rings. The minimum absolute atomic E-state index is 0.137. The fourth-order valence-corrected chi connectivity index (χ4v) is 3.79. The molecule has 1 heterocycles. The van der Waals surface area contributed by atoms with E-state index in [-0.39, 0.29) is 6.61 Å². The van der Waals surface area contributed by atoms with Gasteiger partial charge in [0, 0.05) is 42.3 Å². The number of aromatic nitrogens is 2. The predicted molar refractivity (Wildman–Crippen MR) is 114 cm³/mol. The van der Waals surface area contributed by atoms with Gasteiger partial charge in [0.1, 0.15) is 11.5 Å². The van der Waals surface area contributed by atoms with Crippen LogP contribution in [0.15, 0.2) is 36.4 Å². The number of methoxy groups -OCH3 is 1. The number of ether oxygens (including phenoxy) is 2. The molecule has 0 aliphatic heterocycles. The highest BCUT2D eigenvalue weighted by atomic mass is 16.5. The lowest BCUT2D eigenvalue weighted by Crippen LogP contribution is -2.03. The van der Waals surface area contributed by atoms with Gasteiger partial charge in [-0.15, -0.1) is 0 Å². The summed E-state index contributed by atoms with van der Waals surface area (Å²) < 4.78 is 11.3. The molecule has 6 heteroatoms. The number of H-pyrrole nitrogens is 1. The zero-order valence-corrected chi connectivity index (χ0v) is 16.9. The Morgan fingerprint density at radius 2 is 2.14 bits per heavy atom. The molecule has 2 aromatic carbocycles. The zero-order chi connectivity index (χ0) is 20.2. The lowest BCUT2D eigenvalue weighted by Gasteiger charge is -2.13. The van der Waals surface area contributed by atoms with E-state index in [0.717, 1.165) is 59.1 Å². The zero-order valence-electron chi connectivity index (χ0n) is 16.9. The SMILES string of the molecule is CCCc1cc2c(cc1OCCCO)-c1[nH]nc(Nc3cccc(OC)c3)c1C2. The number of rotatable bonds is 9. The number of aliphatic hydroxyl groups is 1. The summed E-state index contributed by atoms with van der Waals surface area (Å²) in [5.41, 5.74) is 6.81. The van der Waals surface area contributed by atoms with Gasteiger partial charge in [-0.3, -0.25) is 5.10 Å². The van der Waals surface area contributed by atoms with Crippen molar-refractivity contribution in [3.05, 3.63) is 53.1 Å². The van der Waals surface area contributed by atoms with Crippen molar-refractivity contribution in [2.45, 2.75) is 32.6 Å². The average Bonchev–Trinajstić information content (AvgIpc) is 3.28. The van der Waals surface area contributed by atoms with Gasteiger partial charge in [0.25, 0.3) is 0 Å².